The van der Waals surface area contributed by atoms with E-state index in [1.807, 2.05) is 0 Å². The van der Waals surface area contributed by atoms with Gasteiger partial charge in [0, 0.05) is 16.9 Å². The molecule has 0 bridgehead atoms. The SMILES string of the molecule is O=C(NCC1CCC(Br)CC1)c1ccc(Br)c(O)c1. The molecule has 0 aliphatic heterocycles. The Morgan fingerprint density at radius 3 is 2.63 bits per heavy atom. The molecule has 0 atom stereocenters. The Balaban J connectivity index is 1.85. The largest absolute Gasteiger partial charge is 0.507 e. The molecule has 0 aromatic heterocycles. The highest BCUT2D eigenvalue weighted by molar-refractivity contribution is 9.10. The molecular formula is C14H17Br2NO2. The van der Waals surface area contributed by atoms with Crippen LogP contribution in [0.4, 0.5) is 0 Å². The summed E-state index contributed by atoms with van der Waals surface area (Å²) < 4.78 is 0.597. The third-order valence-electron chi connectivity index (χ3n) is 3.54. The number of phenolic OH excluding ortho intramolecular Hbond substituents is 1. The van der Waals surface area contributed by atoms with Gasteiger partial charge in [0.2, 0.25) is 0 Å². The molecule has 1 saturated carbocycles. The van der Waals surface area contributed by atoms with Crippen LogP contribution in [0.1, 0.15) is 36.0 Å². The van der Waals surface area contributed by atoms with Gasteiger partial charge < -0.3 is 10.4 Å². The predicted molar refractivity (Wildman–Crippen MR) is 82.8 cm³/mol. The number of halogens is 2. The van der Waals surface area contributed by atoms with Crippen LogP contribution in [-0.2, 0) is 0 Å². The first-order valence-electron chi connectivity index (χ1n) is 6.47. The predicted octanol–water partition coefficient (Wildman–Crippen LogP) is 3.84. The van der Waals surface area contributed by atoms with Crippen molar-refractivity contribution < 1.29 is 9.90 Å². The molecule has 0 unspecified atom stereocenters. The van der Waals surface area contributed by atoms with Crippen LogP contribution in [0.15, 0.2) is 22.7 Å². The van der Waals surface area contributed by atoms with Crippen LogP contribution in [-0.4, -0.2) is 22.4 Å². The van der Waals surface area contributed by atoms with E-state index in [1.54, 1.807) is 12.1 Å². The number of nitrogens with one attached hydrogen (secondary N) is 1. The van der Waals surface area contributed by atoms with Gasteiger partial charge in [0.05, 0.1) is 4.47 Å². The molecule has 0 saturated heterocycles. The van der Waals surface area contributed by atoms with Crippen LogP contribution in [0, 0.1) is 5.92 Å². The number of alkyl halides is 1. The zero-order valence-corrected chi connectivity index (χ0v) is 13.7. The molecule has 1 fully saturated rings. The second-order valence-corrected chi connectivity index (χ2v) is 7.14. The highest BCUT2D eigenvalue weighted by Crippen LogP contribution is 2.28. The van der Waals surface area contributed by atoms with Gasteiger partial charge >= 0.3 is 0 Å². The van der Waals surface area contributed by atoms with Gasteiger partial charge in [-0.25, -0.2) is 0 Å². The van der Waals surface area contributed by atoms with Crippen molar-refractivity contribution in [2.45, 2.75) is 30.5 Å². The van der Waals surface area contributed by atoms with Gasteiger partial charge in [-0.15, -0.1) is 0 Å². The van der Waals surface area contributed by atoms with E-state index in [4.69, 9.17) is 0 Å². The summed E-state index contributed by atoms with van der Waals surface area (Å²) in [6.45, 7) is 0.718. The summed E-state index contributed by atoms with van der Waals surface area (Å²) in [6.07, 6.45) is 4.67. The van der Waals surface area contributed by atoms with Gasteiger partial charge in [0.1, 0.15) is 5.75 Å². The van der Waals surface area contributed by atoms with Crippen molar-refractivity contribution >= 4 is 37.8 Å². The van der Waals surface area contributed by atoms with Crippen molar-refractivity contribution in [2.24, 2.45) is 5.92 Å². The number of rotatable bonds is 3. The van der Waals surface area contributed by atoms with E-state index in [1.165, 1.54) is 18.9 Å². The van der Waals surface area contributed by atoms with E-state index in [0.29, 0.717) is 20.8 Å². The number of hydrogen-bond acceptors (Lipinski definition) is 2. The van der Waals surface area contributed by atoms with E-state index < -0.39 is 0 Å². The van der Waals surface area contributed by atoms with Crippen molar-refractivity contribution in [1.29, 1.82) is 0 Å². The molecule has 3 nitrogen and oxygen atoms in total. The molecule has 104 valence electrons. The normalized spacial score (nSPS) is 23.1. The van der Waals surface area contributed by atoms with Crippen LogP contribution in [0.3, 0.4) is 0 Å². The van der Waals surface area contributed by atoms with Crippen LogP contribution in [0.2, 0.25) is 0 Å². The first-order valence-corrected chi connectivity index (χ1v) is 8.18. The molecule has 1 aliphatic carbocycles. The zero-order valence-electron chi connectivity index (χ0n) is 10.5. The van der Waals surface area contributed by atoms with E-state index in [-0.39, 0.29) is 11.7 Å². The Bertz CT molecular complexity index is 457. The lowest BCUT2D eigenvalue weighted by Crippen LogP contribution is -2.31. The van der Waals surface area contributed by atoms with Gasteiger partial charge in [0.15, 0.2) is 0 Å². The quantitative estimate of drug-likeness (QED) is 0.770. The van der Waals surface area contributed by atoms with Gasteiger partial charge in [-0.2, -0.15) is 0 Å². The Hall–Kier alpha value is -0.550. The number of aromatic hydroxyl groups is 1. The summed E-state index contributed by atoms with van der Waals surface area (Å²) in [5.41, 5.74) is 0.495. The van der Waals surface area contributed by atoms with Crippen LogP contribution < -0.4 is 5.32 Å². The van der Waals surface area contributed by atoms with Crippen LogP contribution in [0.25, 0.3) is 0 Å². The molecule has 1 aromatic carbocycles. The van der Waals surface area contributed by atoms with Gasteiger partial charge in [0.25, 0.3) is 5.91 Å². The van der Waals surface area contributed by atoms with Gasteiger partial charge in [-0.1, -0.05) is 15.9 Å². The minimum atomic E-state index is -0.122. The molecular weight excluding hydrogens is 374 g/mol. The molecule has 19 heavy (non-hydrogen) atoms. The molecule has 1 aliphatic rings. The molecule has 2 rings (SSSR count). The highest BCUT2D eigenvalue weighted by atomic mass is 79.9. The van der Waals surface area contributed by atoms with Gasteiger partial charge in [-0.3, -0.25) is 4.79 Å². The Kier molecular flexibility index (Phi) is 5.28. The molecule has 5 heteroatoms. The maximum atomic E-state index is 12.0. The standard InChI is InChI=1S/C14H17Br2NO2/c15-11-4-1-9(2-5-11)8-17-14(19)10-3-6-12(16)13(18)7-10/h3,6-7,9,11,18H,1-2,4-5,8H2,(H,17,19). The third kappa shape index (κ3) is 4.21. The second-order valence-electron chi connectivity index (χ2n) is 4.99. The first kappa shape index (κ1) is 14.9. The number of carbonyl (C=O) groups is 1. The van der Waals surface area contributed by atoms with Crippen molar-refractivity contribution in [3.63, 3.8) is 0 Å². The molecule has 0 spiro atoms. The fraction of sp³-hybridized carbons (Fsp3) is 0.500. The molecule has 1 amide bonds. The lowest BCUT2D eigenvalue weighted by molar-refractivity contribution is 0.0943. The maximum Gasteiger partial charge on any atom is 0.251 e. The number of carbonyl (C=O) groups excluding carboxylic acids is 1. The summed E-state index contributed by atoms with van der Waals surface area (Å²) in [7, 11) is 0. The smallest absolute Gasteiger partial charge is 0.251 e. The fourth-order valence-electron chi connectivity index (χ4n) is 2.32. The number of amides is 1. The Morgan fingerprint density at radius 2 is 2.00 bits per heavy atom. The van der Waals surface area contributed by atoms with Crippen molar-refractivity contribution in [1.82, 2.24) is 5.32 Å². The average Bonchev–Trinajstić information content (AvgIpc) is 2.41. The monoisotopic (exact) mass is 389 g/mol. The van der Waals surface area contributed by atoms with Crippen LogP contribution in [0.5, 0.6) is 5.75 Å². The fourth-order valence-corrected chi connectivity index (χ4v) is 3.09. The lowest BCUT2D eigenvalue weighted by Gasteiger charge is -2.25. The molecule has 0 heterocycles. The molecule has 2 N–H and O–H groups in total. The van der Waals surface area contributed by atoms with E-state index in [2.05, 4.69) is 37.2 Å². The average molecular weight is 391 g/mol. The highest BCUT2D eigenvalue weighted by Gasteiger charge is 2.19. The molecule has 1 aromatic rings. The lowest BCUT2D eigenvalue weighted by atomic mass is 9.89. The van der Waals surface area contributed by atoms with Crippen molar-refractivity contribution in [3.8, 4) is 5.75 Å². The third-order valence-corrected chi connectivity index (χ3v) is 5.12. The van der Waals surface area contributed by atoms with Gasteiger partial charge in [-0.05, 0) is 65.7 Å². The van der Waals surface area contributed by atoms with Crippen molar-refractivity contribution in [2.75, 3.05) is 6.54 Å². The topological polar surface area (TPSA) is 49.3 Å². The molecule has 0 radical (unpaired) electrons. The summed E-state index contributed by atoms with van der Waals surface area (Å²) in [5.74, 6) is 0.540. The number of phenols is 1. The Labute approximate surface area is 130 Å². The zero-order chi connectivity index (χ0) is 13.8. The minimum Gasteiger partial charge on any atom is -0.507 e. The second kappa shape index (κ2) is 6.75. The number of hydrogen-bond donors (Lipinski definition) is 2. The van der Waals surface area contributed by atoms with Crippen LogP contribution >= 0.6 is 31.9 Å². The van der Waals surface area contributed by atoms with E-state index >= 15 is 0 Å². The summed E-state index contributed by atoms with van der Waals surface area (Å²) >= 11 is 6.83. The summed E-state index contributed by atoms with van der Waals surface area (Å²) in [6, 6.07) is 4.86. The Morgan fingerprint density at radius 1 is 1.32 bits per heavy atom. The first-order chi connectivity index (χ1) is 9.06. The maximum absolute atomic E-state index is 12.0. The van der Waals surface area contributed by atoms with Crippen molar-refractivity contribution in [3.05, 3.63) is 28.2 Å². The van der Waals surface area contributed by atoms with E-state index in [9.17, 15) is 9.90 Å². The minimum absolute atomic E-state index is 0.0902. The van der Waals surface area contributed by atoms with E-state index in [0.717, 1.165) is 19.4 Å². The summed E-state index contributed by atoms with van der Waals surface area (Å²) in [5, 5.41) is 12.5. The number of benzene rings is 1. The summed E-state index contributed by atoms with van der Waals surface area (Å²) in [4.78, 5) is 12.6.